The molecular formula is C13H17F3O2. The van der Waals surface area contributed by atoms with Crippen LogP contribution in [0.4, 0.5) is 13.2 Å². The highest BCUT2D eigenvalue weighted by atomic mass is 19.4. The van der Waals surface area contributed by atoms with Crippen LogP contribution in [0.25, 0.3) is 0 Å². The minimum atomic E-state index is -4.33. The van der Waals surface area contributed by atoms with Crippen LogP contribution in [0.1, 0.15) is 31.2 Å². The van der Waals surface area contributed by atoms with Crippen LogP contribution in [0.3, 0.4) is 0 Å². The van der Waals surface area contributed by atoms with Gasteiger partial charge in [-0.2, -0.15) is 13.2 Å². The van der Waals surface area contributed by atoms with Gasteiger partial charge in [0, 0.05) is 6.61 Å². The highest BCUT2D eigenvalue weighted by Crippen LogP contribution is 2.31. The van der Waals surface area contributed by atoms with Gasteiger partial charge in [-0.05, 0) is 37.5 Å². The summed E-state index contributed by atoms with van der Waals surface area (Å²) in [4.78, 5) is 0. The molecule has 1 N–H and O–H groups in total. The first-order chi connectivity index (χ1) is 8.54. The smallest absolute Gasteiger partial charge is 0.416 e. The number of aliphatic hydroxyl groups is 1. The van der Waals surface area contributed by atoms with Crippen LogP contribution in [-0.4, -0.2) is 18.3 Å². The predicted molar refractivity (Wildman–Crippen MR) is 62.5 cm³/mol. The van der Waals surface area contributed by atoms with E-state index in [2.05, 4.69) is 0 Å². The molecule has 18 heavy (non-hydrogen) atoms. The molecule has 1 aromatic carbocycles. The van der Waals surface area contributed by atoms with Gasteiger partial charge in [-0.1, -0.05) is 12.5 Å². The maximum atomic E-state index is 12.4. The fourth-order valence-electron chi connectivity index (χ4n) is 1.52. The third-order valence-electron chi connectivity index (χ3n) is 2.48. The lowest BCUT2D eigenvalue weighted by atomic mass is 10.2. The lowest BCUT2D eigenvalue weighted by molar-refractivity contribution is -0.137. The molecule has 0 bridgehead atoms. The number of benzene rings is 1. The van der Waals surface area contributed by atoms with E-state index >= 15 is 0 Å². The van der Waals surface area contributed by atoms with Crippen LogP contribution in [0.5, 0.6) is 5.75 Å². The molecule has 0 aromatic heterocycles. The molecule has 0 aliphatic carbocycles. The predicted octanol–water partition coefficient (Wildman–Crippen LogP) is 3.64. The molecule has 0 fully saturated rings. The van der Waals surface area contributed by atoms with Gasteiger partial charge in [0.2, 0.25) is 0 Å². The quantitative estimate of drug-likeness (QED) is 0.760. The number of rotatable bonds is 7. The van der Waals surface area contributed by atoms with E-state index in [1.807, 2.05) is 0 Å². The summed E-state index contributed by atoms with van der Waals surface area (Å²) in [6.07, 6.45) is -0.998. The Morgan fingerprint density at radius 2 is 1.78 bits per heavy atom. The zero-order chi connectivity index (χ0) is 13.4. The average molecular weight is 262 g/mol. The largest absolute Gasteiger partial charge is 0.494 e. The molecule has 0 spiro atoms. The van der Waals surface area contributed by atoms with Crippen LogP contribution < -0.4 is 4.74 Å². The Labute approximate surface area is 104 Å². The summed E-state index contributed by atoms with van der Waals surface area (Å²) < 4.78 is 42.5. The third kappa shape index (κ3) is 5.40. The molecular weight excluding hydrogens is 245 g/mol. The first-order valence-electron chi connectivity index (χ1n) is 5.95. The van der Waals surface area contributed by atoms with Crippen molar-refractivity contribution in [1.82, 2.24) is 0 Å². The van der Waals surface area contributed by atoms with E-state index in [1.54, 1.807) is 0 Å². The molecule has 1 aromatic rings. The topological polar surface area (TPSA) is 29.5 Å². The van der Waals surface area contributed by atoms with Gasteiger partial charge in [0.05, 0.1) is 12.2 Å². The Morgan fingerprint density at radius 3 is 2.44 bits per heavy atom. The first-order valence-corrected chi connectivity index (χ1v) is 5.95. The highest BCUT2D eigenvalue weighted by Gasteiger charge is 2.30. The number of ether oxygens (including phenoxy) is 1. The van der Waals surface area contributed by atoms with Crippen molar-refractivity contribution >= 4 is 0 Å². The van der Waals surface area contributed by atoms with Gasteiger partial charge >= 0.3 is 6.18 Å². The van der Waals surface area contributed by atoms with E-state index in [0.29, 0.717) is 6.61 Å². The van der Waals surface area contributed by atoms with E-state index in [-0.39, 0.29) is 12.4 Å². The van der Waals surface area contributed by atoms with Gasteiger partial charge in [0.1, 0.15) is 5.75 Å². The molecule has 0 saturated carbocycles. The second-order valence-electron chi connectivity index (χ2n) is 4.01. The van der Waals surface area contributed by atoms with Crippen molar-refractivity contribution in [1.29, 1.82) is 0 Å². The second-order valence-corrected chi connectivity index (χ2v) is 4.01. The molecule has 2 nitrogen and oxygen atoms in total. The average Bonchev–Trinajstić information content (AvgIpc) is 2.33. The second kappa shape index (κ2) is 7.26. The van der Waals surface area contributed by atoms with Crippen LogP contribution in [-0.2, 0) is 6.18 Å². The lowest BCUT2D eigenvalue weighted by Crippen LogP contribution is -2.05. The summed E-state index contributed by atoms with van der Waals surface area (Å²) in [5.41, 5.74) is -0.694. The Morgan fingerprint density at radius 1 is 1.06 bits per heavy atom. The molecule has 0 aliphatic heterocycles. The van der Waals surface area contributed by atoms with Crippen molar-refractivity contribution in [2.24, 2.45) is 0 Å². The number of aliphatic hydroxyl groups excluding tert-OH is 1. The van der Waals surface area contributed by atoms with E-state index in [4.69, 9.17) is 9.84 Å². The number of alkyl halides is 3. The summed E-state index contributed by atoms with van der Waals surface area (Å²) >= 11 is 0. The van der Waals surface area contributed by atoms with Gasteiger partial charge < -0.3 is 9.84 Å². The number of unbranched alkanes of at least 4 members (excludes halogenated alkanes) is 3. The summed E-state index contributed by atoms with van der Waals surface area (Å²) in [7, 11) is 0. The van der Waals surface area contributed by atoms with Crippen molar-refractivity contribution in [3.8, 4) is 5.75 Å². The van der Waals surface area contributed by atoms with Crippen LogP contribution in [0.15, 0.2) is 24.3 Å². The first kappa shape index (κ1) is 14.8. The Bertz CT molecular complexity index is 350. The van der Waals surface area contributed by atoms with Crippen molar-refractivity contribution in [2.75, 3.05) is 13.2 Å². The van der Waals surface area contributed by atoms with Crippen LogP contribution in [0.2, 0.25) is 0 Å². The lowest BCUT2D eigenvalue weighted by Gasteiger charge is -2.10. The molecule has 1 rings (SSSR count). The normalized spacial score (nSPS) is 11.6. The third-order valence-corrected chi connectivity index (χ3v) is 2.48. The molecule has 0 unspecified atom stereocenters. The zero-order valence-electron chi connectivity index (χ0n) is 10.0. The van der Waals surface area contributed by atoms with Gasteiger partial charge in [-0.15, -0.1) is 0 Å². The Kier molecular flexibility index (Phi) is 5.98. The molecule has 102 valence electrons. The van der Waals surface area contributed by atoms with E-state index in [0.717, 1.165) is 37.8 Å². The number of halogens is 3. The Balaban J connectivity index is 2.34. The maximum Gasteiger partial charge on any atom is 0.416 e. The van der Waals surface area contributed by atoms with Crippen LogP contribution >= 0.6 is 0 Å². The van der Waals surface area contributed by atoms with E-state index in [1.165, 1.54) is 12.1 Å². The van der Waals surface area contributed by atoms with Gasteiger partial charge in [0.15, 0.2) is 0 Å². The van der Waals surface area contributed by atoms with Crippen molar-refractivity contribution in [3.05, 3.63) is 29.8 Å². The summed E-state index contributed by atoms with van der Waals surface area (Å²) in [5, 5.41) is 8.57. The molecule has 0 atom stereocenters. The molecule has 5 heteroatoms. The molecule has 0 aliphatic rings. The fraction of sp³-hybridized carbons (Fsp3) is 0.538. The molecule has 0 saturated heterocycles. The minimum absolute atomic E-state index is 0.175. The van der Waals surface area contributed by atoms with E-state index in [9.17, 15) is 13.2 Å². The maximum absolute atomic E-state index is 12.4. The SMILES string of the molecule is OCCCCCCOc1cccc(C(F)(F)F)c1. The van der Waals surface area contributed by atoms with Gasteiger partial charge in [-0.3, -0.25) is 0 Å². The summed E-state index contributed by atoms with van der Waals surface area (Å²) in [6, 6.07) is 4.88. The standard InChI is InChI=1S/C13H17F3O2/c14-13(15,16)11-6-5-7-12(10-11)18-9-4-2-1-3-8-17/h5-7,10,17H,1-4,8-9H2. The van der Waals surface area contributed by atoms with Crippen LogP contribution in [0, 0.1) is 0 Å². The van der Waals surface area contributed by atoms with E-state index < -0.39 is 11.7 Å². The minimum Gasteiger partial charge on any atom is -0.494 e. The fourth-order valence-corrected chi connectivity index (χ4v) is 1.52. The summed E-state index contributed by atoms with van der Waals surface area (Å²) in [5.74, 6) is 0.243. The van der Waals surface area contributed by atoms with Crippen molar-refractivity contribution < 1.29 is 23.0 Å². The number of hydrogen-bond donors (Lipinski definition) is 1. The highest BCUT2D eigenvalue weighted by molar-refractivity contribution is 5.30. The zero-order valence-corrected chi connectivity index (χ0v) is 10.0. The molecule has 0 amide bonds. The number of hydrogen-bond acceptors (Lipinski definition) is 2. The Hall–Kier alpha value is -1.23. The summed E-state index contributed by atoms with van der Waals surface area (Å²) in [6.45, 7) is 0.571. The van der Waals surface area contributed by atoms with Crippen molar-refractivity contribution in [2.45, 2.75) is 31.9 Å². The van der Waals surface area contributed by atoms with Gasteiger partial charge in [0.25, 0.3) is 0 Å². The molecule has 0 heterocycles. The van der Waals surface area contributed by atoms with Gasteiger partial charge in [-0.25, -0.2) is 0 Å². The molecule has 0 radical (unpaired) electrons. The van der Waals surface area contributed by atoms with Crippen molar-refractivity contribution in [3.63, 3.8) is 0 Å². The monoisotopic (exact) mass is 262 g/mol.